The van der Waals surface area contributed by atoms with Crippen molar-refractivity contribution in [3.8, 4) is 0 Å². The maximum Gasteiger partial charge on any atom is 0.312 e. The van der Waals surface area contributed by atoms with Crippen molar-refractivity contribution in [2.75, 3.05) is 69.3 Å². The monoisotopic (exact) mass is 1920 g/mol. The minimum absolute atomic E-state index is 0.0273. The Morgan fingerprint density at radius 2 is 0.515 bits per heavy atom. The minimum atomic E-state index is -0.562. The van der Waals surface area contributed by atoms with Gasteiger partial charge >= 0.3 is 29.8 Å². The molecule has 13 unspecified atom stereocenters. The zero-order chi connectivity index (χ0) is 99.8. The predicted octanol–water partition coefficient (Wildman–Crippen LogP) is 24.1. The normalized spacial score (nSPS) is 37.6. The topological polar surface area (TPSA) is 261 Å². The zero-order valence-corrected chi connectivity index (χ0v) is 90.8. The molecule has 13 atom stereocenters. The fourth-order valence-corrected chi connectivity index (χ4v) is 29.2. The molecule has 0 amide bonds. The first-order valence-corrected chi connectivity index (χ1v) is 54.0. The van der Waals surface area contributed by atoms with Gasteiger partial charge in [-0.15, -0.1) is 0 Å². The second-order valence-electron chi connectivity index (χ2n) is 53.1. The van der Waals surface area contributed by atoms with Gasteiger partial charge in [-0.2, -0.15) is 0 Å². The van der Waals surface area contributed by atoms with E-state index in [1.165, 1.54) is 51.4 Å². The molecule has 21 rings (SSSR count). The van der Waals surface area contributed by atoms with Crippen molar-refractivity contribution in [3.05, 3.63) is 0 Å². The summed E-state index contributed by atoms with van der Waals surface area (Å²) in [5.74, 6) is 4.98. The van der Waals surface area contributed by atoms with Gasteiger partial charge in [0.1, 0.15) is 55.2 Å². The van der Waals surface area contributed by atoms with Gasteiger partial charge in [0.2, 0.25) is 0 Å². The quantitative estimate of drug-likeness (QED) is 0.0238. The number of carbonyl (C=O) groups excluding carboxylic acids is 5. The molecular formula is C112H192O24. The molecule has 24 nitrogen and oxygen atoms in total. The summed E-state index contributed by atoms with van der Waals surface area (Å²) >= 11 is 0. The smallest absolute Gasteiger partial charge is 0.312 e. The van der Waals surface area contributed by atoms with E-state index in [1.54, 1.807) is 35.5 Å². The molecule has 24 heteroatoms. The second-order valence-corrected chi connectivity index (χ2v) is 53.1. The summed E-state index contributed by atoms with van der Waals surface area (Å²) in [4.78, 5) is 64.4. The lowest BCUT2D eigenvalue weighted by Crippen LogP contribution is -2.69. The van der Waals surface area contributed by atoms with Crippen LogP contribution in [0.2, 0.25) is 0 Å². The summed E-state index contributed by atoms with van der Waals surface area (Å²) in [6.07, 6.45) is 39.0. The molecule has 0 aromatic carbocycles. The highest BCUT2D eigenvalue weighted by molar-refractivity contribution is 5.78. The van der Waals surface area contributed by atoms with E-state index in [1.807, 2.05) is 83.1 Å². The number of hydrogen-bond acceptors (Lipinski definition) is 24. The van der Waals surface area contributed by atoms with Gasteiger partial charge in [-0.25, -0.2) is 0 Å². The molecule has 0 saturated heterocycles. The third-order valence-corrected chi connectivity index (χ3v) is 36.0. The Labute approximate surface area is 821 Å². The number of ether oxygens (including phenoxy) is 19. The first-order valence-electron chi connectivity index (χ1n) is 54.0. The Hall–Kier alpha value is -3.21. The third-order valence-electron chi connectivity index (χ3n) is 36.0. The highest BCUT2D eigenvalue weighted by Crippen LogP contribution is 2.69. The van der Waals surface area contributed by atoms with Gasteiger partial charge in [-0.05, 0) is 302 Å². The van der Waals surface area contributed by atoms with Crippen molar-refractivity contribution in [2.24, 2.45) is 97.6 Å². The van der Waals surface area contributed by atoms with Crippen molar-refractivity contribution in [3.63, 3.8) is 0 Å². The van der Waals surface area contributed by atoms with Crippen LogP contribution in [0.5, 0.6) is 0 Å². The van der Waals surface area contributed by atoms with Gasteiger partial charge < -0.3 is 90.0 Å². The van der Waals surface area contributed by atoms with Crippen molar-refractivity contribution in [1.29, 1.82) is 0 Å². The number of esters is 5. The van der Waals surface area contributed by atoms with Gasteiger partial charge in [0, 0.05) is 111 Å². The van der Waals surface area contributed by atoms with Crippen LogP contribution in [0.15, 0.2) is 0 Å². The van der Waals surface area contributed by atoms with Crippen LogP contribution >= 0.6 is 0 Å². The van der Waals surface area contributed by atoms with Gasteiger partial charge in [0.05, 0.1) is 79.0 Å². The average Bonchev–Trinajstić information content (AvgIpc) is 0.696. The van der Waals surface area contributed by atoms with E-state index in [0.717, 1.165) is 193 Å². The molecular weight excluding hydrogens is 1730 g/mol. The van der Waals surface area contributed by atoms with Crippen LogP contribution < -0.4 is 0 Å². The lowest BCUT2D eigenvalue weighted by molar-refractivity contribution is -0.343. The van der Waals surface area contributed by atoms with Crippen LogP contribution in [0.1, 0.15) is 423 Å². The standard InChI is InChI=1S/C26H46O6.C23H38O4.C22H38O4.C21H36O4.C20H34O6/c1-10-23(6,7)22(27)32-26-13-19-11-24(15-26,30-20(28-8)17(2)3)14-25(12-19,16-26)31-21(29-9)18(4)5;1-4-21(2,3)20(24)27-23-13-17-10-18(14-23)12-22(11-17,15-23)26-16-25-19-8-6-5-7-9-19;1-7-20(5,6)18(23)26-22-11-16-8-17(12-22)10-21(9-16,13-22)25-15-24-14-19(2,3)4;1-7-19(4,5)18(22)25-21-11-15-8-16(12-21)10-20(9-15,13-21)24-17(23-6)14(2)3;1-6-17(2,3)16(21)26-20-9-15-7-18(11-20,24-13-22-4)10-19(8-15,12-20)25-14-23-5/h17-21H,10-16H2,1-9H3;17-19H,4-16H2,1-3H3;16-17H,7-15H2,1-6H3;14-17H,7-13H2,1-6H3;15H,6-14H2,1-5H3. The molecule has 0 aromatic rings. The molecule has 0 radical (unpaired) electrons. The minimum Gasteiger partial charge on any atom is -0.459 e. The van der Waals surface area contributed by atoms with E-state index >= 15 is 0 Å². The summed E-state index contributed by atoms with van der Waals surface area (Å²) in [7, 11) is 8.41. The molecule has 784 valence electrons. The average molecular weight is 1920 g/mol. The first-order chi connectivity index (χ1) is 63.5. The summed E-state index contributed by atoms with van der Waals surface area (Å²) in [5, 5.41) is 0. The number of methoxy groups -OCH3 is 5. The third kappa shape index (κ3) is 26.2. The van der Waals surface area contributed by atoms with Crippen LogP contribution in [0.4, 0.5) is 0 Å². The SMILES string of the molecule is CCC(C)(C)C(=O)OC12CC3CC(C1)CC(OC(OC)C(C)C)(C3)C2.CCC(C)(C)C(=O)OC12CC3CC(CC(OCOC4CCCCC4)(C3)C1)C2.CCC(C)(C)C(=O)OC12CC3CC(CC(OCOCC(C)(C)C)(C3)C1)C2.CCC(C)(C)C(=O)OC12CC3CC(OC(OC)C(C)C)(C1)CC(OC(OC)C(C)C)(C3)C2.CCC(C)(C)C(=O)OC12CC3CC(OCOC)(CC(OCOC)(C3)C1)C2. The molecule has 0 N–H and O–H groups in total. The van der Waals surface area contributed by atoms with Crippen molar-refractivity contribution in [2.45, 2.75) is 515 Å². The van der Waals surface area contributed by atoms with Crippen molar-refractivity contribution in [1.82, 2.24) is 0 Å². The number of carbonyl (C=O) groups is 5. The maximum atomic E-state index is 13.2. The molecule has 21 aliphatic carbocycles. The van der Waals surface area contributed by atoms with E-state index < -0.39 is 49.5 Å². The van der Waals surface area contributed by atoms with Crippen LogP contribution in [-0.2, 0) is 114 Å². The molecule has 21 saturated carbocycles. The molecule has 0 aromatic heterocycles. The molecule has 20 bridgehead atoms. The number of hydrogen-bond donors (Lipinski definition) is 0. The zero-order valence-electron chi connectivity index (χ0n) is 90.8. The van der Waals surface area contributed by atoms with Gasteiger partial charge in [-0.1, -0.05) is 116 Å². The van der Waals surface area contributed by atoms with E-state index in [0.29, 0.717) is 92.4 Å². The molecule has 0 aliphatic heterocycles. The predicted molar refractivity (Wildman–Crippen MR) is 521 cm³/mol. The van der Waals surface area contributed by atoms with Gasteiger partial charge in [0.15, 0.2) is 18.9 Å². The summed E-state index contributed by atoms with van der Waals surface area (Å²) in [5.41, 5.74) is -6.05. The van der Waals surface area contributed by atoms with Gasteiger partial charge in [-0.3, -0.25) is 24.0 Å². The highest BCUT2D eigenvalue weighted by atomic mass is 16.7. The maximum absolute atomic E-state index is 13.2. The first kappa shape index (κ1) is 112. The molecule has 0 spiro atoms. The summed E-state index contributed by atoms with van der Waals surface area (Å²) < 4.78 is 116. The number of rotatable bonds is 41. The van der Waals surface area contributed by atoms with E-state index in [4.69, 9.17) is 90.0 Å². The lowest BCUT2D eigenvalue weighted by atomic mass is 9.50. The van der Waals surface area contributed by atoms with E-state index in [-0.39, 0.29) is 124 Å². The van der Waals surface area contributed by atoms with E-state index in [2.05, 4.69) is 83.1 Å². The Morgan fingerprint density at radius 3 is 0.816 bits per heavy atom. The van der Waals surface area contributed by atoms with Crippen LogP contribution in [0.3, 0.4) is 0 Å². The molecule has 21 fully saturated rings. The Balaban J connectivity index is 0.000000153. The summed E-state index contributed by atoms with van der Waals surface area (Å²) in [6, 6.07) is 0. The highest BCUT2D eigenvalue weighted by Gasteiger charge is 2.71. The van der Waals surface area contributed by atoms with Crippen molar-refractivity contribution >= 4 is 29.8 Å². The Morgan fingerprint density at radius 1 is 0.279 bits per heavy atom. The van der Waals surface area contributed by atoms with Crippen LogP contribution in [-0.4, -0.2) is 191 Å². The Kier molecular flexibility index (Phi) is 35.3. The van der Waals surface area contributed by atoms with Gasteiger partial charge in [0.25, 0.3) is 0 Å². The lowest BCUT2D eigenvalue weighted by Gasteiger charge is -2.65. The molecule has 0 heterocycles. The molecule has 21 aliphatic rings. The largest absolute Gasteiger partial charge is 0.459 e. The van der Waals surface area contributed by atoms with Crippen LogP contribution in [0.25, 0.3) is 0 Å². The fraction of sp³-hybridized carbons (Fsp3) is 0.955. The summed E-state index contributed by atoms with van der Waals surface area (Å²) in [6.45, 7) is 51.2. The Bertz CT molecular complexity index is 3840. The van der Waals surface area contributed by atoms with E-state index in [9.17, 15) is 24.0 Å². The fourth-order valence-electron chi connectivity index (χ4n) is 29.2. The molecule has 136 heavy (non-hydrogen) atoms. The van der Waals surface area contributed by atoms with Crippen molar-refractivity contribution < 1.29 is 114 Å². The second kappa shape index (κ2) is 43.1. The van der Waals surface area contributed by atoms with Crippen LogP contribution in [0, 0.1) is 97.6 Å².